The zero-order valence-corrected chi connectivity index (χ0v) is 14.8. The van der Waals surface area contributed by atoms with Gasteiger partial charge >= 0.3 is 12.1 Å². The molecule has 1 aromatic heterocycles. The minimum atomic E-state index is -1.13. The van der Waals surface area contributed by atoms with Crippen molar-refractivity contribution in [2.24, 2.45) is 0 Å². The number of amides is 1. The molecule has 0 bridgehead atoms. The van der Waals surface area contributed by atoms with Crippen LogP contribution in [0.4, 0.5) is 4.79 Å². The summed E-state index contributed by atoms with van der Waals surface area (Å²) in [6.07, 6.45) is 0.982. The molecule has 0 aliphatic carbocycles. The summed E-state index contributed by atoms with van der Waals surface area (Å²) in [5, 5.41) is 16.1. The number of hydrogen-bond acceptors (Lipinski definition) is 4. The topological polar surface area (TPSA) is 93.4 Å². The third-order valence-corrected chi connectivity index (χ3v) is 3.53. The van der Waals surface area contributed by atoms with Crippen LogP contribution in [0.5, 0.6) is 0 Å². The molecule has 1 heterocycles. The van der Waals surface area contributed by atoms with Crippen LogP contribution >= 0.6 is 0 Å². The number of carboxylic acids is 1. The Labute approximate surface area is 146 Å². The van der Waals surface area contributed by atoms with Crippen molar-refractivity contribution in [1.29, 1.82) is 0 Å². The number of nitrogens with one attached hydrogen (secondary N) is 1. The molecule has 0 saturated carbocycles. The number of para-hydroxylation sites is 1. The fourth-order valence-electron chi connectivity index (χ4n) is 2.34. The van der Waals surface area contributed by atoms with E-state index >= 15 is 0 Å². The van der Waals surface area contributed by atoms with Crippen LogP contribution in [0.1, 0.15) is 32.0 Å². The largest absolute Gasteiger partial charge is 0.480 e. The molecular weight excluding hydrogens is 322 g/mol. The zero-order valence-electron chi connectivity index (χ0n) is 14.8. The van der Waals surface area contributed by atoms with E-state index in [-0.39, 0.29) is 6.42 Å². The molecule has 2 rings (SSSR count). The highest BCUT2D eigenvalue weighted by Crippen LogP contribution is 2.16. The van der Waals surface area contributed by atoms with Crippen LogP contribution in [0.2, 0.25) is 0 Å². The lowest BCUT2D eigenvalue weighted by atomic mass is 10.1. The fraction of sp³-hybridized carbons (Fsp3) is 0.389. The lowest BCUT2D eigenvalue weighted by molar-refractivity contribution is -0.139. The van der Waals surface area contributed by atoms with Crippen LogP contribution in [0, 0.1) is 6.92 Å². The molecule has 1 amide bonds. The summed E-state index contributed by atoms with van der Waals surface area (Å²) in [5.41, 5.74) is 1.76. The molecule has 134 valence electrons. The number of carbonyl (C=O) groups excluding carboxylic acids is 1. The summed E-state index contributed by atoms with van der Waals surface area (Å²) in [5.74, 6) is -1.13. The summed E-state index contributed by atoms with van der Waals surface area (Å²) in [6, 6.07) is 8.45. The van der Waals surface area contributed by atoms with Gasteiger partial charge in [-0.25, -0.2) is 14.3 Å². The highest BCUT2D eigenvalue weighted by Gasteiger charge is 2.25. The molecule has 2 aromatic rings. The van der Waals surface area contributed by atoms with Crippen molar-refractivity contribution in [3.8, 4) is 5.69 Å². The predicted molar refractivity (Wildman–Crippen MR) is 92.8 cm³/mol. The Morgan fingerprint density at radius 2 is 1.92 bits per heavy atom. The van der Waals surface area contributed by atoms with Crippen molar-refractivity contribution in [1.82, 2.24) is 15.1 Å². The molecule has 25 heavy (non-hydrogen) atoms. The number of aliphatic carboxylic acids is 1. The van der Waals surface area contributed by atoms with Crippen LogP contribution in [-0.4, -0.2) is 38.6 Å². The molecule has 0 radical (unpaired) electrons. The van der Waals surface area contributed by atoms with Gasteiger partial charge in [-0.15, -0.1) is 0 Å². The Morgan fingerprint density at radius 1 is 1.28 bits per heavy atom. The lowest BCUT2D eigenvalue weighted by Gasteiger charge is -2.22. The Balaban J connectivity index is 2.14. The average Bonchev–Trinajstić information content (AvgIpc) is 2.86. The zero-order chi connectivity index (χ0) is 18.6. The summed E-state index contributed by atoms with van der Waals surface area (Å²) in [7, 11) is 0. The standard InChI is InChI=1S/C18H23N3O4/c1-12-13(11-19-21(12)14-8-6-5-7-9-14)10-15(16(22)23)20-17(24)25-18(2,3)4/h5-9,11,15H,10H2,1-4H3,(H,20,24)(H,22,23). The van der Waals surface area contributed by atoms with Crippen LogP contribution in [0.15, 0.2) is 36.5 Å². The van der Waals surface area contributed by atoms with Gasteiger partial charge in [0.25, 0.3) is 0 Å². The predicted octanol–water partition coefficient (Wildman–Crippen LogP) is 2.70. The number of rotatable bonds is 5. The van der Waals surface area contributed by atoms with Crippen molar-refractivity contribution >= 4 is 12.1 Å². The fourth-order valence-corrected chi connectivity index (χ4v) is 2.34. The highest BCUT2D eigenvalue weighted by atomic mass is 16.6. The van der Waals surface area contributed by atoms with E-state index in [0.717, 1.165) is 16.9 Å². The van der Waals surface area contributed by atoms with Crippen molar-refractivity contribution in [3.05, 3.63) is 47.8 Å². The van der Waals surface area contributed by atoms with Gasteiger partial charge in [0.05, 0.1) is 11.9 Å². The number of alkyl carbamates (subject to hydrolysis) is 1. The molecule has 7 heteroatoms. The Hall–Kier alpha value is -2.83. The smallest absolute Gasteiger partial charge is 0.408 e. The number of carboxylic acid groups (broad SMARTS) is 1. The van der Waals surface area contributed by atoms with Crippen molar-refractivity contribution < 1.29 is 19.4 Å². The van der Waals surface area contributed by atoms with E-state index in [1.54, 1.807) is 31.6 Å². The molecule has 0 spiro atoms. The van der Waals surface area contributed by atoms with Gasteiger partial charge in [-0.2, -0.15) is 5.10 Å². The first-order chi connectivity index (χ1) is 11.7. The SMILES string of the molecule is Cc1c(CC(NC(=O)OC(C)(C)C)C(=O)O)cnn1-c1ccccc1. The van der Waals surface area contributed by atoms with E-state index in [2.05, 4.69) is 10.4 Å². The molecule has 0 fully saturated rings. The Morgan fingerprint density at radius 3 is 2.48 bits per heavy atom. The van der Waals surface area contributed by atoms with E-state index in [1.165, 1.54) is 0 Å². The first kappa shape index (κ1) is 18.5. The van der Waals surface area contributed by atoms with Gasteiger partial charge < -0.3 is 15.2 Å². The first-order valence-electron chi connectivity index (χ1n) is 7.98. The van der Waals surface area contributed by atoms with Crippen molar-refractivity contribution in [3.63, 3.8) is 0 Å². The van der Waals surface area contributed by atoms with Crippen molar-refractivity contribution in [2.45, 2.75) is 45.8 Å². The van der Waals surface area contributed by atoms with Gasteiger partial charge in [0.15, 0.2) is 0 Å². The molecule has 0 saturated heterocycles. The van der Waals surface area contributed by atoms with E-state index in [4.69, 9.17) is 4.74 Å². The van der Waals surface area contributed by atoms with Gasteiger partial charge in [-0.05, 0) is 45.4 Å². The van der Waals surface area contributed by atoms with Crippen LogP contribution in [-0.2, 0) is 16.0 Å². The third-order valence-electron chi connectivity index (χ3n) is 3.53. The number of benzene rings is 1. The summed E-state index contributed by atoms with van der Waals surface area (Å²) in [4.78, 5) is 23.4. The third kappa shape index (κ3) is 5.07. The number of hydrogen-bond donors (Lipinski definition) is 2. The van der Waals surface area contributed by atoms with E-state index < -0.39 is 23.7 Å². The minimum absolute atomic E-state index is 0.118. The van der Waals surface area contributed by atoms with Crippen LogP contribution < -0.4 is 5.32 Å². The molecule has 1 aromatic carbocycles. The maximum absolute atomic E-state index is 11.9. The molecule has 1 unspecified atom stereocenters. The van der Waals surface area contributed by atoms with Crippen molar-refractivity contribution in [2.75, 3.05) is 0 Å². The summed E-state index contributed by atoms with van der Waals surface area (Å²) in [6.45, 7) is 7.02. The highest BCUT2D eigenvalue weighted by molar-refractivity contribution is 5.80. The average molecular weight is 345 g/mol. The molecule has 2 N–H and O–H groups in total. The number of ether oxygens (including phenoxy) is 1. The van der Waals surface area contributed by atoms with Gasteiger partial charge in [-0.1, -0.05) is 18.2 Å². The maximum Gasteiger partial charge on any atom is 0.408 e. The second kappa shape index (κ2) is 7.38. The van der Waals surface area contributed by atoms with E-state index in [9.17, 15) is 14.7 Å². The second-order valence-electron chi connectivity index (χ2n) is 6.74. The number of aromatic nitrogens is 2. The summed E-state index contributed by atoms with van der Waals surface area (Å²) >= 11 is 0. The summed E-state index contributed by atoms with van der Waals surface area (Å²) < 4.78 is 6.86. The maximum atomic E-state index is 11.9. The van der Waals surface area contributed by atoms with E-state index in [1.807, 2.05) is 37.3 Å². The van der Waals surface area contributed by atoms with Crippen LogP contribution in [0.25, 0.3) is 5.69 Å². The number of nitrogens with zero attached hydrogens (tertiary/aromatic N) is 2. The van der Waals surface area contributed by atoms with E-state index in [0.29, 0.717) is 0 Å². The molecule has 0 aliphatic rings. The monoisotopic (exact) mass is 345 g/mol. The normalized spacial score (nSPS) is 12.5. The quantitative estimate of drug-likeness (QED) is 0.869. The Bertz CT molecular complexity index is 747. The molecule has 7 nitrogen and oxygen atoms in total. The van der Waals surface area contributed by atoms with Gasteiger partial charge in [-0.3, -0.25) is 0 Å². The Kier molecular flexibility index (Phi) is 5.46. The van der Waals surface area contributed by atoms with Crippen LogP contribution in [0.3, 0.4) is 0 Å². The number of carbonyl (C=O) groups is 2. The molecule has 0 aliphatic heterocycles. The minimum Gasteiger partial charge on any atom is -0.480 e. The second-order valence-corrected chi connectivity index (χ2v) is 6.74. The molecule has 1 atom stereocenters. The first-order valence-corrected chi connectivity index (χ1v) is 7.98. The van der Waals surface area contributed by atoms with Gasteiger partial charge in [0.1, 0.15) is 11.6 Å². The van der Waals surface area contributed by atoms with Gasteiger partial charge in [0, 0.05) is 12.1 Å². The lowest BCUT2D eigenvalue weighted by Crippen LogP contribution is -2.44. The van der Waals surface area contributed by atoms with Gasteiger partial charge in [0.2, 0.25) is 0 Å². The molecular formula is C18H23N3O4.